The van der Waals surface area contributed by atoms with Crippen molar-refractivity contribution in [1.82, 2.24) is 15.5 Å². The molecule has 9 nitrogen and oxygen atoms in total. The highest BCUT2D eigenvalue weighted by atomic mass is 16.6. The van der Waals surface area contributed by atoms with Crippen LogP contribution in [0.15, 0.2) is 24.3 Å². The summed E-state index contributed by atoms with van der Waals surface area (Å²) >= 11 is 0. The SMILES string of the molecule is CC.CC(C)(C)OC(=O)NCCCC(N)C(=O)NCCCCCN1C(=O)c2ccccc2C1=O. The Hall–Kier alpha value is -2.94. The fourth-order valence-corrected chi connectivity index (χ4v) is 3.31. The van der Waals surface area contributed by atoms with Crippen molar-refractivity contribution in [1.29, 1.82) is 0 Å². The highest BCUT2D eigenvalue weighted by Crippen LogP contribution is 2.22. The number of hydrogen-bond donors (Lipinski definition) is 3. The number of alkyl carbamates (subject to hydrolysis) is 1. The molecule has 1 aliphatic heterocycles. The molecule has 0 saturated carbocycles. The molecule has 1 heterocycles. The smallest absolute Gasteiger partial charge is 0.407 e. The van der Waals surface area contributed by atoms with E-state index in [1.54, 1.807) is 45.0 Å². The van der Waals surface area contributed by atoms with Crippen LogP contribution in [0.3, 0.4) is 0 Å². The molecule has 34 heavy (non-hydrogen) atoms. The number of imide groups is 1. The number of unbranched alkanes of at least 4 members (excludes halogenated alkanes) is 2. The highest BCUT2D eigenvalue weighted by molar-refractivity contribution is 6.21. The molecule has 0 saturated heterocycles. The number of rotatable bonds is 11. The van der Waals surface area contributed by atoms with E-state index in [0.717, 1.165) is 12.8 Å². The Labute approximate surface area is 202 Å². The number of nitrogens with two attached hydrogens (primary N) is 1. The van der Waals surface area contributed by atoms with Crippen molar-refractivity contribution in [3.63, 3.8) is 0 Å². The van der Waals surface area contributed by atoms with Gasteiger partial charge in [-0.05, 0) is 65.0 Å². The van der Waals surface area contributed by atoms with Crippen molar-refractivity contribution < 1.29 is 23.9 Å². The third-order valence-electron chi connectivity index (χ3n) is 4.93. The summed E-state index contributed by atoms with van der Waals surface area (Å²) in [6.07, 6.45) is 2.68. The minimum atomic E-state index is -0.645. The van der Waals surface area contributed by atoms with Crippen LogP contribution in [0.5, 0.6) is 0 Å². The molecular weight excluding hydrogens is 436 g/mol. The monoisotopic (exact) mass is 476 g/mol. The van der Waals surface area contributed by atoms with E-state index in [1.807, 2.05) is 13.8 Å². The zero-order valence-electron chi connectivity index (χ0n) is 21.1. The van der Waals surface area contributed by atoms with Crippen LogP contribution in [0, 0.1) is 0 Å². The second-order valence-corrected chi connectivity index (χ2v) is 8.84. The predicted octanol–water partition coefficient (Wildman–Crippen LogP) is 3.23. The van der Waals surface area contributed by atoms with Crippen molar-refractivity contribution in [2.24, 2.45) is 5.73 Å². The molecule has 0 spiro atoms. The van der Waals surface area contributed by atoms with Gasteiger partial charge in [0, 0.05) is 19.6 Å². The van der Waals surface area contributed by atoms with E-state index >= 15 is 0 Å². The fourth-order valence-electron chi connectivity index (χ4n) is 3.31. The summed E-state index contributed by atoms with van der Waals surface area (Å²) in [7, 11) is 0. The molecular formula is C25H40N4O5. The molecule has 0 fully saturated rings. The molecule has 4 N–H and O–H groups in total. The molecule has 1 aromatic carbocycles. The number of hydrogen-bond acceptors (Lipinski definition) is 6. The van der Waals surface area contributed by atoms with Gasteiger partial charge in [0.15, 0.2) is 0 Å². The van der Waals surface area contributed by atoms with Gasteiger partial charge in [-0.1, -0.05) is 26.0 Å². The third kappa shape index (κ3) is 9.51. The van der Waals surface area contributed by atoms with E-state index in [9.17, 15) is 19.2 Å². The fraction of sp³-hybridized carbons (Fsp3) is 0.600. The predicted molar refractivity (Wildman–Crippen MR) is 131 cm³/mol. The molecule has 190 valence electrons. The van der Waals surface area contributed by atoms with Crippen LogP contribution < -0.4 is 16.4 Å². The van der Waals surface area contributed by atoms with Gasteiger partial charge in [0.1, 0.15) is 5.60 Å². The Morgan fingerprint density at radius 2 is 1.50 bits per heavy atom. The van der Waals surface area contributed by atoms with Gasteiger partial charge in [-0.2, -0.15) is 0 Å². The molecule has 1 aliphatic rings. The van der Waals surface area contributed by atoms with E-state index in [0.29, 0.717) is 50.0 Å². The van der Waals surface area contributed by atoms with Gasteiger partial charge in [0.05, 0.1) is 17.2 Å². The molecule has 1 unspecified atom stereocenters. The highest BCUT2D eigenvalue weighted by Gasteiger charge is 2.34. The normalized spacial score (nSPS) is 13.5. The van der Waals surface area contributed by atoms with Crippen LogP contribution in [0.25, 0.3) is 0 Å². The molecule has 0 bridgehead atoms. The first-order valence-corrected chi connectivity index (χ1v) is 12.1. The molecule has 0 aromatic heterocycles. The Morgan fingerprint density at radius 1 is 0.941 bits per heavy atom. The van der Waals surface area contributed by atoms with Gasteiger partial charge in [-0.3, -0.25) is 19.3 Å². The molecule has 1 aromatic rings. The molecule has 2 rings (SSSR count). The Bertz CT molecular complexity index is 800. The van der Waals surface area contributed by atoms with Crippen LogP contribution >= 0.6 is 0 Å². The van der Waals surface area contributed by atoms with Crippen LogP contribution in [0.2, 0.25) is 0 Å². The van der Waals surface area contributed by atoms with Crippen LogP contribution in [0.4, 0.5) is 4.79 Å². The lowest BCUT2D eigenvalue weighted by Crippen LogP contribution is -2.41. The maximum atomic E-state index is 12.3. The summed E-state index contributed by atoms with van der Waals surface area (Å²) in [5.74, 6) is -0.723. The third-order valence-corrected chi connectivity index (χ3v) is 4.93. The number of carbonyl (C=O) groups is 4. The number of benzene rings is 1. The van der Waals surface area contributed by atoms with E-state index < -0.39 is 17.7 Å². The molecule has 0 aliphatic carbocycles. The second-order valence-electron chi connectivity index (χ2n) is 8.84. The van der Waals surface area contributed by atoms with E-state index in [4.69, 9.17) is 10.5 Å². The first kappa shape index (κ1) is 29.1. The number of ether oxygens (including phenoxy) is 1. The van der Waals surface area contributed by atoms with Crippen molar-refractivity contribution in [2.75, 3.05) is 19.6 Å². The summed E-state index contributed by atoms with van der Waals surface area (Å²) in [6, 6.07) is 6.19. The van der Waals surface area contributed by atoms with Crippen LogP contribution in [-0.2, 0) is 9.53 Å². The largest absolute Gasteiger partial charge is 0.444 e. The van der Waals surface area contributed by atoms with Crippen LogP contribution in [0.1, 0.15) is 87.4 Å². The summed E-state index contributed by atoms with van der Waals surface area (Å²) in [4.78, 5) is 49.5. The minimum Gasteiger partial charge on any atom is -0.444 e. The number of nitrogens with one attached hydrogen (secondary N) is 2. The first-order valence-electron chi connectivity index (χ1n) is 12.1. The molecule has 1 atom stereocenters. The quantitative estimate of drug-likeness (QED) is 0.332. The minimum absolute atomic E-state index is 0.234. The summed E-state index contributed by atoms with van der Waals surface area (Å²) in [5, 5.41) is 5.43. The summed E-state index contributed by atoms with van der Waals surface area (Å²) in [5.41, 5.74) is 6.26. The number of fused-ring (bicyclic) bond motifs is 1. The average Bonchev–Trinajstić information content (AvgIpc) is 3.03. The molecule has 4 amide bonds. The van der Waals surface area contributed by atoms with E-state index in [2.05, 4.69) is 10.6 Å². The van der Waals surface area contributed by atoms with Crippen molar-refractivity contribution in [3.8, 4) is 0 Å². The molecule has 0 radical (unpaired) electrons. The van der Waals surface area contributed by atoms with Gasteiger partial charge in [-0.15, -0.1) is 0 Å². The van der Waals surface area contributed by atoms with Gasteiger partial charge in [0.2, 0.25) is 5.91 Å². The van der Waals surface area contributed by atoms with Gasteiger partial charge < -0.3 is 21.1 Å². The molecule has 9 heteroatoms. The number of carbonyl (C=O) groups excluding carboxylic acids is 4. The maximum absolute atomic E-state index is 12.3. The Morgan fingerprint density at radius 3 is 2.06 bits per heavy atom. The van der Waals surface area contributed by atoms with Crippen molar-refractivity contribution in [3.05, 3.63) is 35.4 Å². The van der Waals surface area contributed by atoms with E-state index in [1.165, 1.54) is 4.90 Å². The zero-order valence-corrected chi connectivity index (χ0v) is 21.1. The maximum Gasteiger partial charge on any atom is 0.407 e. The first-order chi connectivity index (χ1) is 16.1. The van der Waals surface area contributed by atoms with Gasteiger partial charge in [0.25, 0.3) is 11.8 Å². The number of amides is 4. The van der Waals surface area contributed by atoms with E-state index in [-0.39, 0.29) is 17.7 Å². The number of nitrogens with zero attached hydrogens (tertiary/aromatic N) is 1. The lowest BCUT2D eigenvalue weighted by atomic mass is 10.1. The summed E-state index contributed by atoms with van der Waals surface area (Å²) in [6.45, 7) is 10.6. The Balaban J connectivity index is 0.00000281. The topological polar surface area (TPSA) is 131 Å². The lowest BCUT2D eigenvalue weighted by Gasteiger charge is -2.19. The Kier molecular flexibility index (Phi) is 12.3. The lowest BCUT2D eigenvalue weighted by molar-refractivity contribution is -0.122. The van der Waals surface area contributed by atoms with Crippen molar-refractivity contribution >= 4 is 23.8 Å². The van der Waals surface area contributed by atoms with Gasteiger partial charge in [-0.25, -0.2) is 4.79 Å². The standard InChI is InChI=1S/C23H34N4O5.C2H6/c1-23(2,3)32-22(31)26-14-9-12-18(24)19(28)25-13-7-4-8-15-27-20(29)16-10-5-6-11-17(16)21(27)30;1-2/h5-6,10-11,18H,4,7-9,12-15,24H2,1-3H3,(H,25,28)(H,26,31);1-2H3. The zero-order chi connectivity index (χ0) is 25.7. The van der Waals surface area contributed by atoms with Crippen molar-refractivity contribution in [2.45, 2.75) is 78.4 Å². The second kappa shape index (κ2) is 14.3. The average molecular weight is 477 g/mol. The van der Waals surface area contributed by atoms with Gasteiger partial charge >= 0.3 is 6.09 Å². The van der Waals surface area contributed by atoms with Crippen LogP contribution in [-0.4, -0.2) is 60.0 Å². The summed E-state index contributed by atoms with van der Waals surface area (Å²) < 4.78 is 5.14.